The van der Waals surface area contributed by atoms with Gasteiger partial charge in [0.05, 0.1) is 11.8 Å². The lowest BCUT2D eigenvalue weighted by Gasteiger charge is -2.35. The van der Waals surface area contributed by atoms with Crippen LogP contribution < -0.4 is 4.74 Å². The molecule has 0 unspecified atom stereocenters. The molecule has 2 fully saturated rings. The first-order chi connectivity index (χ1) is 15.5. The smallest absolute Gasteiger partial charge is 0.276 e. The van der Waals surface area contributed by atoms with Gasteiger partial charge in [-0.3, -0.25) is 9.78 Å². The van der Waals surface area contributed by atoms with Crippen LogP contribution in [0.1, 0.15) is 34.7 Å². The van der Waals surface area contributed by atoms with Gasteiger partial charge in [-0.15, -0.1) is 0 Å². The van der Waals surface area contributed by atoms with E-state index in [1.54, 1.807) is 6.07 Å². The van der Waals surface area contributed by atoms with Crippen LogP contribution in [0.4, 0.5) is 0 Å². The van der Waals surface area contributed by atoms with Crippen molar-refractivity contribution in [3.63, 3.8) is 0 Å². The fourth-order valence-electron chi connectivity index (χ4n) is 4.92. The van der Waals surface area contributed by atoms with Crippen LogP contribution in [0.2, 0.25) is 0 Å². The minimum Gasteiger partial charge on any atom is -0.486 e. The monoisotopic (exact) mass is 433 g/mol. The van der Waals surface area contributed by atoms with Crippen LogP contribution in [0.25, 0.3) is 11.3 Å². The number of benzene rings is 1. The quantitative estimate of drug-likeness (QED) is 0.676. The number of pyridine rings is 1. The van der Waals surface area contributed by atoms with Crippen LogP contribution in [-0.4, -0.2) is 51.4 Å². The highest BCUT2D eigenvalue weighted by molar-refractivity contribution is 5.93. The van der Waals surface area contributed by atoms with Gasteiger partial charge < -0.3 is 19.3 Å². The van der Waals surface area contributed by atoms with E-state index in [1.807, 2.05) is 61.2 Å². The fraction of sp³-hybridized carbons (Fsp3) is 0.400. The SMILES string of the molecule is Cc1ccc(O[C@@H]2C[C@@H]3CN(C(=O)c4cc(-c5ccccc5)on4)C[C@@H]3C[C@H]2O)c(C)n1. The topological polar surface area (TPSA) is 88.7 Å². The third-order valence-electron chi connectivity index (χ3n) is 6.61. The number of likely N-dealkylation sites (tertiary alicyclic amines) is 1. The van der Waals surface area contributed by atoms with Crippen molar-refractivity contribution < 1.29 is 19.2 Å². The Kier molecular flexibility index (Phi) is 5.43. The van der Waals surface area contributed by atoms with Crippen LogP contribution in [-0.2, 0) is 0 Å². The molecule has 2 aromatic heterocycles. The molecule has 32 heavy (non-hydrogen) atoms. The van der Waals surface area contributed by atoms with Crippen LogP contribution in [0.3, 0.4) is 0 Å². The van der Waals surface area contributed by atoms with Crippen molar-refractivity contribution in [3.8, 4) is 17.1 Å². The number of fused-ring (bicyclic) bond motifs is 1. The molecule has 1 aliphatic carbocycles. The molecule has 0 bridgehead atoms. The highest BCUT2D eigenvalue weighted by Crippen LogP contribution is 2.39. The molecule has 1 aliphatic heterocycles. The van der Waals surface area contributed by atoms with Gasteiger partial charge in [0.15, 0.2) is 11.5 Å². The lowest BCUT2D eigenvalue weighted by Crippen LogP contribution is -2.42. The number of aryl methyl sites for hydroxylation is 2. The number of carbonyl (C=O) groups excluding carboxylic acids is 1. The van der Waals surface area contributed by atoms with Gasteiger partial charge in [0, 0.05) is 30.4 Å². The first kappa shape index (κ1) is 20.7. The molecular weight excluding hydrogens is 406 g/mol. The zero-order valence-electron chi connectivity index (χ0n) is 18.3. The Morgan fingerprint density at radius 1 is 1.09 bits per heavy atom. The summed E-state index contributed by atoms with van der Waals surface area (Å²) in [5.41, 5.74) is 2.96. The minimum absolute atomic E-state index is 0.129. The molecule has 1 amide bonds. The molecule has 7 heteroatoms. The molecule has 7 nitrogen and oxygen atoms in total. The van der Waals surface area contributed by atoms with Gasteiger partial charge in [-0.2, -0.15) is 0 Å². The first-order valence-corrected chi connectivity index (χ1v) is 11.1. The van der Waals surface area contributed by atoms with Crippen molar-refractivity contribution in [1.82, 2.24) is 15.0 Å². The molecule has 1 aromatic carbocycles. The largest absolute Gasteiger partial charge is 0.486 e. The Morgan fingerprint density at radius 2 is 1.84 bits per heavy atom. The van der Waals surface area contributed by atoms with Crippen molar-refractivity contribution in [2.24, 2.45) is 11.8 Å². The van der Waals surface area contributed by atoms with E-state index >= 15 is 0 Å². The van der Waals surface area contributed by atoms with Gasteiger partial charge in [-0.25, -0.2) is 0 Å². The number of hydrogen-bond donors (Lipinski definition) is 1. The summed E-state index contributed by atoms with van der Waals surface area (Å²) in [4.78, 5) is 19.3. The van der Waals surface area contributed by atoms with E-state index < -0.39 is 6.10 Å². The summed E-state index contributed by atoms with van der Waals surface area (Å²) in [5, 5.41) is 14.7. The molecule has 1 N–H and O–H groups in total. The van der Waals surface area contributed by atoms with E-state index in [9.17, 15) is 9.90 Å². The summed E-state index contributed by atoms with van der Waals surface area (Å²) in [5.74, 6) is 1.70. The lowest BCUT2D eigenvalue weighted by atomic mass is 9.78. The second-order valence-corrected chi connectivity index (χ2v) is 8.90. The van der Waals surface area contributed by atoms with E-state index in [-0.39, 0.29) is 23.8 Å². The third-order valence-corrected chi connectivity index (χ3v) is 6.61. The summed E-state index contributed by atoms with van der Waals surface area (Å²) in [7, 11) is 0. The number of nitrogens with zero attached hydrogens (tertiary/aromatic N) is 3. The van der Waals surface area contributed by atoms with Crippen molar-refractivity contribution in [1.29, 1.82) is 0 Å². The Hall–Kier alpha value is -3.19. The van der Waals surface area contributed by atoms with Crippen molar-refractivity contribution in [2.45, 2.75) is 38.9 Å². The van der Waals surface area contributed by atoms with E-state index in [1.165, 1.54) is 0 Å². The number of aliphatic hydroxyl groups is 1. The number of hydrogen-bond acceptors (Lipinski definition) is 6. The van der Waals surface area contributed by atoms with Crippen molar-refractivity contribution in [3.05, 3.63) is 65.6 Å². The number of rotatable bonds is 4. The van der Waals surface area contributed by atoms with Crippen LogP contribution in [0.15, 0.2) is 53.1 Å². The summed E-state index contributed by atoms with van der Waals surface area (Å²) < 4.78 is 11.6. The molecule has 166 valence electrons. The molecule has 0 radical (unpaired) electrons. The second kappa shape index (κ2) is 8.39. The fourth-order valence-corrected chi connectivity index (χ4v) is 4.92. The van der Waals surface area contributed by atoms with Crippen molar-refractivity contribution >= 4 is 5.91 Å². The summed E-state index contributed by atoms with van der Waals surface area (Å²) in [6.07, 6.45) is 0.456. The van der Waals surface area contributed by atoms with Gasteiger partial charge in [0.25, 0.3) is 5.91 Å². The molecule has 4 atom stereocenters. The van der Waals surface area contributed by atoms with E-state index in [0.717, 1.165) is 17.0 Å². The molecule has 3 heterocycles. The third kappa shape index (κ3) is 4.00. The first-order valence-electron chi connectivity index (χ1n) is 11.1. The predicted molar refractivity (Wildman–Crippen MR) is 118 cm³/mol. The maximum Gasteiger partial charge on any atom is 0.276 e. The molecule has 1 saturated carbocycles. The summed E-state index contributed by atoms with van der Waals surface area (Å²) >= 11 is 0. The standard InChI is InChI=1S/C25H27N3O4/c1-15-8-9-22(16(2)26-15)31-24-11-19-14-28(13-18(19)10-21(24)29)25(30)20-12-23(32-27-20)17-6-4-3-5-7-17/h3-9,12,18-19,21,24,29H,10-11,13-14H2,1-2H3/t18-,19+,21+,24+/m0/s1. The highest BCUT2D eigenvalue weighted by Gasteiger charge is 2.44. The summed E-state index contributed by atoms with van der Waals surface area (Å²) in [6, 6.07) is 15.1. The maximum atomic E-state index is 13.1. The van der Waals surface area contributed by atoms with Crippen LogP contribution in [0, 0.1) is 25.7 Å². The average molecular weight is 434 g/mol. The molecule has 3 aromatic rings. The molecule has 2 aliphatic rings. The van der Waals surface area contributed by atoms with Crippen LogP contribution >= 0.6 is 0 Å². The van der Waals surface area contributed by atoms with E-state index in [4.69, 9.17) is 9.26 Å². The van der Waals surface area contributed by atoms with E-state index in [2.05, 4.69) is 10.1 Å². The lowest BCUT2D eigenvalue weighted by molar-refractivity contribution is -0.0236. The van der Waals surface area contributed by atoms with Gasteiger partial charge >= 0.3 is 0 Å². The number of ether oxygens (including phenoxy) is 1. The Morgan fingerprint density at radius 3 is 2.59 bits per heavy atom. The maximum absolute atomic E-state index is 13.1. The Bertz CT molecular complexity index is 1110. The number of amides is 1. The number of aliphatic hydroxyl groups excluding tert-OH is 1. The molecule has 5 rings (SSSR count). The zero-order chi connectivity index (χ0) is 22.2. The number of aromatic nitrogens is 2. The summed E-state index contributed by atoms with van der Waals surface area (Å²) in [6.45, 7) is 5.11. The van der Waals surface area contributed by atoms with Crippen LogP contribution in [0.5, 0.6) is 5.75 Å². The highest BCUT2D eigenvalue weighted by atomic mass is 16.5. The Labute approximate surface area is 187 Å². The van der Waals surface area contributed by atoms with Gasteiger partial charge in [0.2, 0.25) is 0 Å². The second-order valence-electron chi connectivity index (χ2n) is 8.90. The van der Waals surface area contributed by atoms with Gasteiger partial charge in [-0.05, 0) is 50.7 Å². The molecule has 1 saturated heterocycles. The Balaban J connectivity index is 1.25. The molecule has 0 spiro atoms. The van der Waals surface area contributed by atoms with Gasteiger partial charge in [0.1, 0.15) is 11.9 Å². The average Bonchev–Trinajstić information content (AvgIpc) is 3.43. The minimum atomic E-state index is -0.566. The molecular formula is C25H27N3O4. The zero-order valence-corrected chi connectivity index (χ0v) is 18.3. The van der Waals surface area contributed by atoms with Crippen molar-refractivity contribution in [2.75, 3.05) is 13.1 Å². The normalized spacial score (nSPS) is 24.9. The number of carbonyl (C=O) groups is 1. The van der Waals surface area contributed by atoms with E-state index in [0.29, 0.717) is 43.1 Å². The van der Waals surface area contributed by atoms with Gasteiger partial charge in [-0.1, -0.05) is 35.5 Å². The predicted octanol–water partition coefficient (Wildman–Crippen LogP) is 3.64.